The third kappa shape index (κ3) is 2.68. The van der Waals surface area contributed by atoms with E-state index in [1.54, 1.807) is 18.2 Å². The van der Waals surface area contributed by atoms with Gasteiger partial charge in [-0.3, -0.25) is 0 Å². The Morgan fingerprint density at radius 3 is 2.33 bits per heavy atom. The fourth-order valence-electron chi connectivity index (χ4n) is 1.80. The average Bonchev–Trinajstić information content (AvgIpc) is 2.85. The highest BCUT2D eigenvalue weighted by molar-refractivity contribution is 6.37. The van der Waals surface area contributed by atoms with Gasteiger partial charge in [-0.25, -0.2) is 4.79 Å². The molecular formula is C13H5Cl3N3O2. The van der Waals surface area contributed by atoms with Crippen LogP contribution >= 0.6 is 34.8 Å². The maximum atomic E-state index is 10.3. The normalized spacial score (nSPS) is 10.8. The van der Waals surface area contributed by atoms with Crippen molar-refractivity contribution in [1.29, 1.82) is 0 Å². The quantitative estimate of drug-likeness (QED) is 0.726. The first-order chi connectivity index (χ1) is 10.1. The van der Waals surface area contributed by atoms with Crippen LogP contribution in [0.1, 0.15) is 0 Å². The van der Waals surface area contributed by atoms with Crippen molar-refractivity contribution in [2.24, 2.45) is 0 Å². The number of aromatic nitrogens is 3. The molecule has 0 atom stereocenters. The summed E-state index contributed by atoms with van der Waals surface area (Å²) >= 11 is 17.9. The number of hydrogen-bond acceptors (Lipinski definition) is 4. The molecule has 0 aliphatic heterocycles. The molecule has 2 aromatic carbocycles. The highest BCUT2D eigenvalue weighted by atomic mass is 35.5. The SMILES string of the molecule is O=[C]Oc1c(Cl)cc(-n2nc3ccc(Cl)cc3n2)cc1Cl. The van der Waals surface area contributed by atoms with Crippen molar-refractivity contribution in [2.45, 2.75) is 0 Å². The molecule has 3 aromatic rings. The predicted molar refractivity (Wildman–Crippen MR) is 80.2 cm³/mol. The van der Waals surface area contributed by atoms with Crippen LogP contribution in [0.4, 0.5) is 0 Å². The number of rotatable bonds is 3. The number of benzene rings is 2. The monoisotopic (exact) mass is 340 g/mol. The minimum absolute atomic E-state index is 0.0387. The minimum atomic E-state index is 0.0387. The topological polar surface area (TPSA) is 57.0 Å². The Bertz CT molecular complexity index is 825. The van der Waals surface area contributed by atoms with Gasteiger partial charge in [-0.2, -0.15) is 4.80 Å². The number of hydrogen-bond donors (Lipinski definition) is 0. The van der Waals surface area contributed by atoms with Crippen LogP contribution in [0.2, 0.25) is 15.1 Å². The summed E-state index contributed by atoms with van der Waals surface area (Å²) in [5.74, 6) is 0.0387. The number of nitrogens with zero attached hydrogens (tertiary/aromatic N) is 3. The van der Waals surface area contributed by atoms with Gasteiger partial charge in [0.25, 0.3) is 0 Å². The van der Waals surface area contributed by atoms with Crippen molar-refractivity contribution in [2.75, 3.05) is 0 Å². The van der Waals surface area contributed by atoms with Crippen molar-refractivity contribution in [1.82, 2.24) is 15.0 Å². The summed E-state index contributed by atoms with van der Waals surface area (Å²) < 4.78 is 4.60. The van der Waals surface area contributed by atoms with Gasteiger partial charge in [0.05, 0.1) is 15.7 Å². The molecule has 105 valence electrons. The molecule has 0 N–H and O–H groups in total. The van der Waals surface area contributed by atoms with Gasteiger partial charge in [0, 0.05) is 5.02 Å². The van der Waals surface area contributed by atoms with Gasteiger partial charge in [0.1, 0.15) is 11.0 Å². The van der Waals surface area contributed by atoms with E-state index in [2.05, 4.69) is 14.9 Å². The molecule has 3 rings (SSSR count). The highest BCUT2D eigenvalue weighted by Crippen LogP contribution is 2.35. The summed E-state index contributed by atoms with van der Waals surface area (Å²) in [5, 5.41) is 9.45. The van der Waals surface area contributed by atoms with Gasteiger partial charge in [-0.1, -0.05) is 34.8 Å². The maximum absolute atomic E-state index is 10.3. The Hall–Kier alpha value is -1.82. The van der Waals surface area contributed by atoms with Crippen molar-refractivity contribution < 1.29 is 9.53 Å². The standard InChI is InChI=1S/C13H5Cl3N3O2/c14-7-1-2-11-12(3-7)18-19(17-11)8-4-9(15)13(21-6-20)10(16)5-8/h1-5H. The molecule has 0 unspecified atom stereocenters. The number of ether oxygens (including phenoxy) is 1. The third-order valence-corrected chi connectivity index (χ3v) is 3.50. The Morgan fingerprint density at radius 1 is 1.00 bits per heavy atom. The molecule has 21 heavy (non-hydrogen) atoms. The Balaban J connectivity index is 2.12. The van der Waals surface area contributed by atoms with E-state index in [-0.39, 0.29) is 15.8 Å². The second-order valence-electron chi connectivity index (χ2n) is 4.05. The molecule has 1 heterocycles. The second kappa shape index (κ2) is 5.52. The van der Waals surface area contributed by atoms with Gasteiger partial charge in [0.15, 0.2) is 5.75 Å². The van der Waals surface area contributed by atoms with Gasteiger partial charge in [-0.05, 0) is 30.3 Å². The molecule has 0 spiro atoms. The molecule has 5 nitrogen and oxygen atoms in total. The van der Waals surface area contributed by atoms with Gasteiger partial charge in [0.2, 0.25) is 0 Å². The van der Waals surface area contributed by atoms with E-state index in [0.29, 0.717) is 21.7 Å². The lowest BCUT2D eigenvalue weighted by Gasteiger charge is -2.06. The van der Waals surface area contributed by atoms with Crippen molar-refractivity contribution in [3.63, 3.8) is 0 Å². The molecule has 0 saturated heterocycles. The molecule has 0 aliphatic carbocycles. The van der Waals surface area contributed by atoms with E-state index < -0.39 is 0 Å². The first-order valence-corrected chi connectivity index (χ1v) is 6.78. The molecule has 0 amide bonds. The summed E-state index contributed by atoms with van der Waals surface area (Å²) in [5.41, 5.74) is 1.83. The molecule has 1 radical (unpaired) electrons. The largest absolute Gasteiger partial charge is 0.423 e. The zero-order valence-electron chi connectivity index (χ0n) is 10.2. The van der Waals surface area contributed by atoms with Crippen molar-refractivity contribution in [3.05, 3.63) is 45.4 Å². The molecule has 0 aliphatic rings. The van der Waals surface area contributed by atoms with Crippen molar-refractivity contribution >= 4 is 52.3 Å². The number of carbonyl (C=O) groups excluding carboxylic acids is 1. The van der Waals surface area contributed by atoms with Gasteiger partial charge < -0.3 is 4.74 Å². The van der Waals surface area contributed by atoms with Crippen LogP contribution in [0.3, 0.4) is 0 Å². The van der Waals surface area contributed by atoms with Crippen LogP contribution in [-0.2, 0) is 4.79 Å². The summed E-state index contributed by atoms with van der Waals surface area (Å²) in [7, 11) is 0. The van der Waals surface area contributed by atoms with Crippen LogP contribution in [-0.4, -0.2) is 21.5 Å². The Labute approximate surface area is 134 Å². The summed E-state index contributed by atoms with van der Waals surface area (Å²) in [6.45, 7) is 1.28. The third-order valence-electron chi connectivity index (χ3n) is 2.70. The lowest BCUT2D eigenvalue weighted by atomic mass is 10.3. The lowest BCUT2D eigenvalue weighted by Crippen LogP contribution is -2.00. The van der Waals surface area contributed by atoms with E-state index in [1.807, 2.05) is 0 Å². The van der Waals surface area contributed by atoms with Gasteiger partial charge >= 0.3 is 6.47 Å². The molecule has 0 fully saturated rings. The maximum Gasteiger partial charge on any atom is 0.423 e. The number of fused-ring (bicyclic) bond motifs is 1. The molecule has 0 saturated carbocycles. The zero-order valence-corrected chi connectivity index (χ0v) is 12.4. The average molecular weight is 342 g/mol. The summed E-state index contributed by atoms with van der Waals surface area (Å²) in [6.07, 6.45) is 0. The summed E-state index contributed by atoms with van der Waals surface area (Å²) in [6, 6.07) is 8.23. The fourth-order valence-corrected chi connectivity index (χ4v) is 2.52. The fraction of sp³-hybridized carbons (Fsp3) is 0. The van der Waals surface area contributed by atoms with Crippen LogP contribution < -0.4 is 4.74 Å². The summed E-state index contributed by atoms with van der Waals surface area (Å²) in [4.78, 5) is 11.6. The minimum Gasteiger partial charge on any atom is -0.415 e. The van der Waals surface area contributed by atoms with E-state index in [9.17, 15) is 4.79 Å². The van der Waals surface area contributed by atoms with Crippen molar-refractivity contribution in [3.8, 4) is 11.4 Å². The second-order valence-corrected chi connectivity index (χ2v) is 5.30. The first kappa shape index (κ1) is 14.1. The number of halogens is 3. The first-order valence-electron chi connectivity index (χ1n) is 5.64. The van der Waals surface area contributed by atoms with E-state index in [1.165, 1.54) is 23.4 Å². The molecular weight excluding hydrogens is 337 g/mol. The lowest BCUT2D eigenvalue weighted by molar-refractivity contribution is 0.443. The molecule has 8 heteroatoms. The van der Waals surface area contributed by atoms with E-state index >= 15 is 0 Å². The van der Waals surface area contributed by atoms with Crippen LogP contribution in [0.25, 0.3) is 16.7 Å². The zero-order chi connectivity index (χ0) is 15.0. The van der Waals surface area contributed by atoms with E-state index in [0.717, 1.165) is 0 Å². The Morgan fingerprint density at radius 2 is 1.67 bits per heavy atom. The van der Waals surface area contributed by atoms with Crippen LogP contribution in [0.5, 0.6) is 5.75 Å². The highest BCUT2D eigenvalue weighted by Gasteiger charge is 2.13. The predicted octanol–water partition coefficient (Wildman–Crippen LogP) is 3.83. The molecule has 1 aromatic heterocycles. The van der Waals surface area contributed by atoms with Crippen LogP contribution in [0.15, 0.2) is 30.3 Å². The smallest absolute Gasteiger partial charge is 0.415 e. The Kier molecular flexibility index (Phi) is 3.71. The van der Waals surface area contributed by atoms with Crippen LogP contribution in [0, 0.1) is 0 Å². The molecule has 0 bridgehead atoms. The van der Waals surface area contributed by atoms with Gasteiger partial charge in [-0.15, -0.1) is 10.2 Å². The van der Waals surface area contributed by atoms with E-state index in [4.69, 9.17) is 34.8 Å².